The van der Waals surface area contributed by atoms with Gasteiger partial charge in [-0.2, -0.15) is 0 Å². The van der Waals surface area contributed by atoms with E-state index >= 15 is 0 Å². The largest absolute Gasteiger partial charge is 0.494 e. The average molecular weight is 279 g/mol. The summed E-state index contributed by atoms with van der Waals surface area (Å²) in [7, 11) is 0. The minimum Gasteiger partial charge on any atom is -0.494 e. The van der Waals surface area contributed by atoms with Crippen LogP contribution >= 0.6 is 0 Å². The maximum absolute atomic E-state index is 10.6. The molecule has 0 aliphatic carbocycles. The summed E-state index contributed by atoms with van der Waals surface area (Å²) in [5, 5.41) is 11.9. The third-order valence-corrected chi connectivity index (χ3v) is 2.49. The van der Waals surface area contributed by atoms with Gasteiger partial charge >= 0.3 is 5.97 Å². The number of rotatable bonds is 8. The predicted molar refractivity (Wildman–Crippen MR) is 78.7 cm³/mol. The van der Waals surface area contributed by atoms with Crippen molar-refractivity contribution >= 4 is 11.7 Å². The standard InChI is InChI=1S/C15H21NO4/c1-4-19-12-6-7-14(20-5-2)13(9-12)16-10-11(3)8-15(17)18/h6-9,16H,4-5,10H2,1-3H3,(H,17,18)/b11-8+. The van der Waals surface area contributed by atoms with E-state index in [1.54, 1.807) is 6.92 Å². The SMILES string of the molecule is CCOc1ccc(OCC)c(NC/C(C)=C/C(=O)O)c1. The second-order valence-corrected chi connectivity index (χ2v) is 4.21. The molecule has 110 valence electrons. The molecule has 0 aromatic heterocycles. The lowest BCUT2D eigenvalue weighted by molar-refractivity contribution is -0.131. The van der Waals surface area contributed by atoms with Gasteiger partial charge in [-0.25, -0.2) is 4.79 Å². The lowest BCUT2D eigenvalue weighted by Crippen LogP contribution is -2.07. The van der Waals surface area contributed by atoms with Crippen LogP contribution in [0.2, 0.25) is 0 Å². The van der Waals surface area contributed by atoms with Crippen molar-refractivity contribution in [3.63, 3.8) is 0 Å². The first kappa shape index (κ1) is 15.9. The van der Waals surface area contributed by atoms with Crippen molar-refractivity contribution in [1.82, 2.24) is 0 Å². The molecule has 1 aromatic rings. The predicted octanol–water partition coefficient (Wildman–Crippen LogP) is 2.93. The van der Waals surface area contributed by atoms with Crippen LogP contribution in [-0.2, 0) is 4.79 Å². The summed E-state index contributed by atoms with van der Waals surface area (Å²) in [4.78, 5) is 10.6. The quantitative estimate of drug-likeness (QED) is 0.716. The number of benzene rings is 1. The molecule has 0 fully saturated rings. The molecular weight excluding hydrogens is 258 g/mol. The lowest BCUT2D eigenvalue weighted by atomic mass is 10.2. The molecular formula is C15H21NO4. The molecule has 0 aliphatic heterocycles. The zero-order chi connectivity index (χ0) is 15.0. The molecule has 0 bridgehead atoms. The normalized spacial score (nSPS) is 11.1. The van der Waals surface area contributed by atoms with Gasteiger partial charge < -0.3 is 19.9 Å². The van der Waals surface area contributed by atoms with Gasteiger partial charge in [0.25, 0.3) is 0 Å². The number of nitrogens with one attached hydrogen (secondary N) is 1. The van der Waals surface area contributed by atoms with Gasteiger partial charge in [0.15, 0.2) is 0 Å². The van der Waals surface area contributed by atoms with Crippen LogP contribution in [0.1, 0.15) is 20.8 Å². The second kappa shape index (κ2) is 8.09. The highest BCUT2D eigenvalue weighted by Crippen LogP contribution is 2.29. The van der Waals surface area contributed by atoms with Crippen molar-refractivity contribution in [3.05, 3.63) is 29.8 Å². The summed E-state index contributed by atoms with van der Waals surface area (Å²) in [5.74, 6) is 0.523. The summed E-state index contributed by atoms with van der Waals surface area (Å²) in [5.41, 5.74) is 1.51. The number of hydrogen-bond acceptors (Lipinski definition) is 4. The van der Waals surface area contributed by atoms with Gasteiger partial charge in [-0.1, -0.05) is 0 Å². The topological polar surface area (TPSA) is 67.8 Å². The third-order valence-electron chi connectivity index (χ3n) is 2.49. The first-order chi connectivity index (χ1) is 9.56. The third kappa shape index (κ3) is 5.22. The number of aliphatic carboxylic acids is 1. The number of ether oxygens (including phenoxy) is 2. The Bertz CT molecular complexity index is 483. The van der Waals surface area contributed by atoms with E-state index < -0.39 is 5.97 Å². The van der Waals surface area contributed by atoms with Crippen LogP contribution in [0.15, 0.2) is 29.8 Å². The zero-order valence-electron chi connectivity index (χ0n) is 12.1. The van der Waals surface area contributed by atoms with Crippen LogP contribution in [0.4, 0.5) is 5.69 Å². The van der Waals surface area contributed by atoms with E-state index in [0.29, 0.717) is 19.8 Å². The van der Waals surface area contributed by atoms with Gasteiger partial charge in [0.05, 0.1) is 18.9 Å². The monoisotopic (exact) mass is 279 g/mol. The summed E-state index contributed by atoms with van der Waals surface area (Å²) >= 11 is 0. The molecule has 0 radical (unpaired) electrons. The van der Waals surface area contributed by atoms with Crippen LogP contribution in [0.25, 0.3) is 0 Å². The van der Waals surface area contributed by atoms with Crippen LogP contribution in [0.5, 0.6) is 11.5 Å². The highest BCUT2D eigenvalue weighted by Gasteiger charge is 2.06. The lowest BCUT2D eigenvalue weighted by Gasteiger charge is -2.14. The highest BCUT2D eigenvalue weighted by molar-refractivity contribution is 5.80. The Morgan fingerprint density at radius 1 is 1.30 bits per heavy atom. The molecule has 0 saturated heterocycles. The molecule has 0 amide bonds. The Hall–Kier alpha value is -2.17. The van der Waals surface area contributed by atoms with Gasteiger partial charge in [0.2, 0.25) is 0 Å². The van der Waals surface area contributed by atoms with Gasteiger partial charge in [-0.3, -0.25) is 0 Å². The fourth-order valence-corrected chi connectivity index (χ4v) is 1.68. The Morgan fingerprint density at radius 3 is 2.60 bits per heavy atom. The summed E-state index contributed by atoms with van der Waals surface area (Å²) in [6.07, 6.45) is 1.18. The van der Waals surface area contributed by atoms with E-state index in [9.17, 15) is 4.79 Å². The van der Waals surface area contributed by atoms with E-state index in [1.807, 2.05) is 32.0 Å². The maximum Gasteiger partial charge on any atom is 0.328 e. The van der Waals surface area contributed by atoms with Crippen molar-refractivity contribution in [3.8, 4) is 11.5 Å². The molecule has 0 aliphatic rings. The van der Waals surface area contributed by atoms with Crippen LogP contribution < -0.4 is 14.8 Å². The first-order valence-corrected chi connectivity index (χ1v) is 6.60. The molecule has 0 heterocycles. The summed E-state index contributed by atoms with van der Waals surface area (Å²) in [6.45, 7) is 7.17. The van der Waals surface area contributed by atoms with Crippen LogP contribution in [-0.4, -0.2) is 30.8 Å². The van der Waals surface area contributed by atoms with Crippen molar-refractivity contribution in [2.24, 2.45) is 0 Å². The van der Waals surface area contributed by atoms with E-state index in [1.165, 1.54) is 6.08 Å². The molecule has 0 unspecified atom stereocenters. The second-order valence-electron chi connectivity index (χ2n) is 4.21. The average Bonchev–Trinajstić information content (AvgIpc) is 2.38. The van der Waals surface area contributed by atoms with Gasteiger partial charge in [0.1, 0.15) is 11.5 Å². The molecule has 20 heavy (non-hydrogen) atoms. The molecule has 5 heteroatoms. The molecule has 1 aromatic carbocycles. The fraction of sp³-hybridized carbons (Fsp3) is 0.400. The number of carbonyl (C=O) groups is 1. The summed E-state index contributed by atoms with van der Waals surface area (Å²) < 4.78 is 11.0. The number of anilines is 1. The van der Waals surface area contributed by atoms with Crippen molar-refractivity contribution in [2.75, 3.05) is 25.1 Å². The smallest absolute Gasteiger partial charge is 0.328 e. The van der Waals surface area contributed by atoms with Crippen LogP contribution in [0.3, 0.4) is 0 Å². The molecule has 5 nitrogen and oxygen atoms in total. The van der Waals surface area contributed by atoms with E-state index in [-0.39, 0.29) is 0 Å². The van der Waals surface area contributed by atoms with Crippen LogP contribution in [0, 0.1) is 0 Å². The summed E-state index contributed by atoms with van der Waals surface area (Å²) in [6, 6.07) is 5.54. The molecule has 2 N–H and O–H groups in total. The number of hydrogen-bond donors (Lipinski definition) is 2. The molecule has 0 saturated carbocycles. The Balaban J connectivity index is 2.83. The fourth-order valence-electron chi connectivity index (χ4n) is 1.68. The molecule has 0 spiro atoms. The minimum atomic E-state index is -0.947. The first-order valence-electron chi connectivity index (χ1n) is 6.60. The van der Waals surface area contributed by atoms with Gasteiger partial charge in [0, 0.05) is 18.7 Å². The number of carboxylic acids is 1. The Labute approximate surface area is 119 Å². The molecule has 0 atom stereocenters. The van der Waals surface area contributed by atoms with E-state index in [4.69, 9.17) is 14.6 Å². The van der Waals surface area contributed by atoms with Crippen molar-refractivity contribution in [2.45, 2.75) is 20.8 Å². The molecule has 1 rings (SSSR count). The highest BCUT2D eigenvalue weighted by atomic mass is 16.5. The van der Waals surface area contributed by atoms with Crippen molar-refractivity contribution in [1.29, 1.82) is 0 Å². The van der Waals surface area contributed by atoms with Gasteiger partial charge in [-0.05, 0) is 38.5 Å². The van der Waals surface area contributed by atoms with Gasteiger partial charge in [-0.15, -0.1) is 0 Å². The van der Waals surface area contributed by atoms with Crippen molar-refractivity contribution < 1.29 is 19.4 Å². The zero-order valence-corrected chi connectivity index (χ0v) is 12.1. The minimum absolute atomic E-state index is 0.432. The number of carboxylic acid groups (broad SMARTS) is 1. The Kier molecular flexibility index (Phi) is 6.43. The Morgan fingerprint density at radius 2 is 2.00 bits per heavy atom. The van der Waals surface area contributed by atoms with E-state index in [0.717, 1.165) is 22.8 Å². The van der Waals surface area contributed by atoms with E-state index in [2.05, 4.69) is 5.32 Å². The maximum atomic E-state index is 10.6.